The van der Waals surface area contributed by atoms with Crippen LogP contribution in [-0.2, 0) is 9.59 Å². The van der Waals surface area contributed by atoms with Crippen LogP contribution in [0.5, 0.6) is 0 Å². The average molecular weight is 501 g/mol. The Morgan fingerprint density at radius 1 is 0.694 bits per heavy atom. The third-order valence-corrected chi connectivity index (χ3v) is 4.38. The van der Waals surface area contributed by atoms with E-state index in [2.05, 4.69) is 52.2 Å². The van der Waals surface area contributed by atoms with Gasteiger partial charge in [0.1, 0.15) is 0 Å². The number of aliphatic hydroxyl groups excluding tert-OH is 2. The molecule has 0 radical (unpaired) electrons. The van der Waals surface area contributed by atoms with Crippen molar-refractivity contribution in [3.8, 4) is 0 Å². The topological polar surface area (TPSA) is 145 Å². The molecule has 4 N–H and O–H groups in total. The summed E-state index contributed by atoms with van der Waals surface area (Å²) in [4.78, 5) is 18.8. The van der Waals surface area contributed by atoms with Crippen molar-refractivity contribution < 1.29 is 30.0 Å². The highest BCUT2D eigenvalue weighted by Gasteiger charge is 2.13. The van der Waals surface area contributed by atoms with Crippen LogP contribution in [0.3, 0.4) is 0 Å². The van der Waals surface area contributed by atoms with Crippen molar-refractivity contribution in [2.24, 2.45) is 0 Å². The maximum atomic E-state index is 9.82. The van der Waals surface area contributed by atoms with E-state index < -0.39 is 24.1 Å². The molecule has 0 saturated heterocycles. The van der Waals surface area contributed by atoms with Gasteiger partial charge in [-0.15, -0.1) is 0 Å². The second-order valence-electron chi connectivity index (χ2n) is 10.1. The summed E-state index contributed by atoms with van der Waals surface area (Å²) in [6.45, 7) is 13.7. The summed E-state index contributed by atoms with van der Waals surface area (Å²) in [7, 11) is 0. The van der Waals surface area contributed by atoms with Gasteiger partial charge >= 0.3 is 0 Å². The van der Waals surface area contributed by atoms with Gasteiger partial charge in [0.05, 0.1) is 24.1 Å². The Labute approximate surface area is 214 Å². The lowest BCUT2D eigenvalue weighted by molar-refractivity contribution is -0.301. The van der Waals surface area contributed by atoms with Gasteiger partial charge in [0, 0.05) is 24.2 Å². The Kier molecular flexibility index (Phi) is 15.2. The Morgan fingerprint density at radius 2 is 0.972 bits per heavy atom. The molecule has 2 unspecified atom stereocenters. The number of carboxylic acids is 2. The second kappa shape index (κ2) is 16.6. The fourth-order valence-electron chi connectivity index (χ4n) is 2.53. The second-order valence-corrected chi connectivity index (χ2v) is 10.1. The Morgan fingerprint density at radius 3 is 1.19 bits per heavy atom. The van der Waals surface area contributed by atoms with Gasteiger partial charge in [-0.05, 0) is 64.8 Å². The van der Waals surface area contributed by atoms with Gasteiger partial charge in [0.15, 0.2) is 0 Å². The smallest absolute Gasteiger partial charge is 0.0914 e. The lowest BCUT2D eigenvalue weighted by Crippen LogP contribution is -2.38. The quantitative estimate of drug-likeness (QED) is 0.397. The van der Waals surface area contributed by atoms with Crippen LogP contribution in [0.1, 0.15) is 64.9 Å². The third kappa shape index (κ3) is 19.3. The van der Waals surface area contributed by atoms with Crippen LogP contribution in [0, 0.1) is 0 Å². The van der Waals surface area contributed by atoms with Gasteiger partial charge in [-0.2, -0.15) is 0 Å². The van der Waals surface area contributed by atoms with Crippen LogP contribution in [0.15, 0.2) is 72.8 Å². The summed E-state index contributed by atoms with van der Waals surface area (Å²) < 4.78 is 0. The van der Waals surface area contributed by atoms with Crippen LogP contribution in [0.25, 0.3) is 0 Å². The van der Waals surface area contributed by atoms with E-state index in [-0.39, 0.29) is 11.1 Å². The molecule has 0 aliphatic heterocycles. The van der Waals surface area contributed by atoms with Crippen LogP contribution in [0.2, 0.25) is 0 Å². The number of benzene rings is 2. The predicted molar refractivity (Wildman–Crippen MR) is 137 cm³/mol. The zero-order valence-corrected chi connectivity index (χ0v) is 22.0. The van der Waals surface area contributed by atoms with E-state index in [1.165, 1.54) is 0 Å². The highest BCUT2D eigenvalue weighted by molar-refractivity contribution is 5.87. The molecule has 0 fully saturated rings. The van der Waals surface area contributed by atoms with Crippen LogP contribution in [-0.4, -0.2) is 46.3 Å². The zero-order chi connectivity index (χ0) is 27.8. The summed E-state index contributed by atoms with van der Waals surface area (Å²) in [6, 6.07) is 19.4. The minimum Gasteiger partial charge on any atom is -0.545 e. The van der Waals surface area contributed by atoms with E-state index in [0.717, 1.165) is 11.1 Å². The summed E-state index contributed by atoms with van der Waals surface area (Å²) in [5.41, 5.74) is 2.03. The molecular weight excluding hydrogens is 460 g/mol. The minimum atomic E-state index is -1.55. The number of carbonyl (C=O) groups excluding carboxylic acids is 2. The molecule has 2 atom stereocenters. The van der Waals surface area contributed by atoms with E-state index in [0.29, 0.717) is 25.2 Å². The monoisotopic (exact) mass is 500 g/mol. The van der Waals surface area contributed by atoms with Crippen molar-refractivity contribution >= 4 is 11.9 Å². The average Bonchev–Trinajstić information content (AvgIpc) is 2.80. The standard InChI is InChI=1S/2C12H19NO.C4H4O4/c2*1-12(2,3)13-9-11(14)10-7-5-4-6-8-10;5-3(6)1-2-4(7)8/h2*4-8,11,13-14H,9H2,1-3H3;1-2H,(H,5,6)(H,7,8)/p-2/b;;2-1+. The molecule has 8 nitrogen and oxygen atoms in total. The normalized spacial score (nSPS) is 13.0. The third-order valence-electron chi connectivity index (χ3n) is 4.38. The molecule has 2 aromatic rings. The predicted octanol–water partition coefficient (Wildman–Crippen LogP) is 1.26. The zero-order valence-electron chi connectivity index (χ0n) is 22.0. The first-order chi connectivity index (χ1) is 16.6. The van der Waals surface area contributed by atoms with Gasteiger partial charge in [-0.3, -0.25) is 0 Å². The van der Waals surface area contributed by atoms with Gasteiger partial charge in [0.2, 0.25) is 0 Å². The maximum Gasteiger partial charge on any atom is 0.0914 e. The van der Waals surface area contributed by atoms with Crippen molar-refractivity contribution in [3.05, 3.63) is 83.9 Å². The van der Waals surface area contributed by atoms with E-state index in [4.69, 9.17) is 0 Å². The van der Waals surface area contributed by atoms with Gasteiger partial charge in [0.25, 0.3) is 0 Å². The van der Waals surface area contributed by atoms with E-state index in [9.17, 15) is 30.0 Å². The van der Waals surface area contributed by atoms with Crippen molar-refractivity contribution in [1.29, 1.82) is 0 Å². The number of hydrogen-bond donors (Lipinski definition) is 4. The highest BCUT2D eigenvalue weighted by atomic mass is 16.4. The molecule has 0 aromatic heterocycles. The Bertz CT molecular complexity index is 828. The van der Waals surface area contributed by atoms with Crippen LogP contribution >= 0.6 is 0 Å². The number of aliphatic hydroxyl groups is 2. The maximum absolute atomic E-state index is 9.82. The van der Waals surface area contributed by atoms with Crippen molar-refractivity contribution in [3.63, 3.8) is 0 Å². The molecule has 8 heteroatoms. The number of carboxylic acid groups (broad SMARTS) is 2. The molecule has 200 valence electrons. The number of nitrogens with one attached hydrogen (secondary N) is 2. The van der Waals surface area contributed by atoms with Gasteiger partial charge in [-0.25, -0.2) is 0 Å². The molecule has 0 amide bonds. The summed E-state index contributed by atoms with van der Waals surface area (Å²) in [5.74, 6) is -3.09. The fraction of sp³-hybridized carbons (Fsp3) is 0.429. The van der Waals surface area contributed by atoms with Crippen molar-refractivity contribution in [2.45, 2.75) is 64.8 Å². The molecular formula is C28H40N2O6-2. The fourth-order valence-corrected chi connectivity index (χ4v) is 2.53. The molecule has 0 aliphatic rings. The van der Waals surface area contributed by atoms with E-state index in [1.54, 1.807) is 0 Å². The number of β-amino-alcohol motifs (C(OH)–C–C–N with tert-alkyl or cyclic N) is 2. The summed E-state index contributed by atoms with van der Waals surface area (Å²) in [6.07, 6.45) is -0.0733. The molecule has 2 aromatic carbocycles. The Balaban J connectivity index is 0.000000533. The minimum absolute atomic E-state index is 0.0513. The molecule has 0 spiro atoms. The van der Waals surface area contributed by atoms with Crippen molar-refractivity contribution in [1.82, 2.24) is 10.6 Å². The highest BCUT2D eigenvalue weighted by Crippen LogP contribution is 2.13. The number of hydrogen-bond acceptors (Lipinski definition) is 8. The number of carbonyl (C=O) groups is 2. The first-order valence-corrected chi connectivity index (χ1v) is 11.7. The molecule has 36 heavy (non-hydrogen) atoms. The molecule has 0 saturated carbocycles. The summed E-state index contributed by atoms with van der Waals surface area (Å²) >= 11 is 0. The van der Waals surface area contributed by atoms with Crippen molar-refractivity contribution in [2.75, 3.05) is 13.1 Å². The van der Waals surface area contributed by atoms with E-state index >= 15 is 0 Å². The largest absolute Gasteiger partial charge is 0.545 e. The first-order valence-electron chi connectivity index (χ1n) is 11.7. The number of rotatable bonds is 8. The molecule has 0 bridgehead atoms. The van der Waals surface area contributed by atoms with E-state index in [1.807, 2.05) is 60.7 Å². The van der Waals surface area contributed by atoms with Gasteiger partial charge < -0.3 is 40.6 Å². The summed E-state index contributed by atoms with van der Waals surface area (Å²) in [5, 5.41) is 45.0. The lowest BCUT2D eigenvalue weighted by atomic mass is 10.1. The van der Waals surface area contributed by atoms with Crippen LogP contribution in [0.4, 0.5) is 0 Å². The lowest BCUT2D eigenvalue weighted by Gasteiger charge is -2.23. The molecule has 0 heterocycles. The van der Waals surface area contributed by atoms with Gasteiger partial charge in [-0.1, -0.05) is 60.7 Å². The Hall–Kier alpha value is -3.04. The first kappa shape index (κ1) is 33.0. The molecule has 0 aliphatic carbocycles. The molecule has 2 rings (SSSR count). The van der Waals surface area contributed by atoms with Crippen LogP contribution < -0.4 is 20.8 Å². The SMILES string of the molecule is CC(C)(C)NCC(O)c1ccccc1.CC(C)(C)NCC(O)c1ccccc1.O=C([O-])/C=C/C(=O)[O-]. The number of aliphatic carboxylic acids is 2.